The zero-order valence-electron chi connectivity index (χ0n) is 10.7. The van der Waals surface area contributed by atoms with E-state index in [1.807, 2.05) is 18.2 Å². The molecule has 94 valence electrons. The molecule has 3 rings (SSSR count). The summed E-state index contributed by atoms with van der Waals surface area (Å²) < 4.78 is 16.3. The smallest absolute Gasteiger partial charge is 0.132 e. The molecule has 1 aliphatic rings. The van der Waals surface area contributed by atoms with Crippen molar-refractivity contribution in [1.29, 1.82) is 0 Å². The Morgan fingerprint density at radius 3 is 2.50 bits per heavy atom. The first-order chi connectivity index (χ1) is 8.77. The van der Waals surface area contributed by atoms with Gasteiger partial charge in [-0.25, -0.2) is 4.39 Å². The Bertz CT molecular complexity index is 550. The van der Waals surface area contributed by atoms with Gasteiger partial charge in [0.1, 0.15) is 5.82 Å². The van der Waals surface area contributed by atoms with E-state index < -0.39 is 0 Å². The van der Waals surface area contributed by atoms with Gasteiger partial charge in [0.15, 0.2) is 0 Å². The van der Waals surface area contributed by atoms with Crippen LogP contribution in [0.2, 0.25) is 0 Å². The summed E-state index contributed by atoms with van der Waals surface area (Å²) in [5, 5.41) is 0. The number of halogens is 1. The van der Waals surface area contributed by atoms with Crippen LogP contribution in [0.3, 0.4) is 0 Å². The van der Waals surface area contributed by atoms with E-state index >= 15 is 0 Å². The highest BCUT2D eigenvalue weighted by atomic mass is 19.1. The minimum absolute atomic E-state index is 0.130. The molecular weight excluding hydrogens is 225 g/mol. The third-order valence-electron chi connectivity index (χ3n) is 3.96. The van der Waals surface area contributed by atoms with Gasteiger partial charge in [0.25, 0.3) is 0 Å². The average molecular weight is 243 g/mol. The second kappa shape index (κ2) is 4.60. The fourth-order valence-electron chi connectivity index (χ4n) is 3.09. The van der Waals surface area contributed by atoms with Crippen molar-refractivity contribution >= 4 is 0 Å². The zero-order valence-corrected chi connectivity index (χ0v) is 10.7. The molecule has 0 bridgehead atoms. The minimum Gasteiger partial charge on any atom is -0.342 e. The maximum absolute atomic E-state index is 13.9. The van der Waals surface area contributed by atoms with Crippen LogP contribution in [0.5, 0.6) is 0 Å². The van der Waals surface area contributed by atoms with E-state index in [1.54, 1.807) is 6.07 Å². The number of hydrogen-bond donors (Lipinski definition) is 0. The van der Waals surface area contributed by atoms with E-state index in [4.69, 9.17) is 0 Å². The number of aromatic nitrogens is 1. The molecule has 2 aromatic rings. The standard InChI is InChI=1S/C16H18FN/c1-12-10-11-16(14-8-4-5-9-15(14)17)18(12)13-6-2-3-7-13/h4-5,8-11,13H,2-3,6-7H2,1H3. The van der Waals surface area contributed by atoms with Crippen LogP contribution in [0.1, 0.15) is 37.4 Å². The minimum atomic E-state index is -0.130. The van der Waals surface area contributed by atoms with Gasteiger partial charge < -0.3 is 4.57 Å². The van der Waals surface area contributed by atoms with Crippen LogP contribution in [0.4, 0.5) is 4.39 Å². The lowest BCUT2D eigenvalue weighted by Crippen LogP contribution is -2.08. The van der Waals surface area contributed by atoms with E-state index in [9.17, 15) is 4.39 Å². The molecule has 2 heteroatoms. The molecule has 0 radical (unpaired) electrons. The van der Waals surface area contributed by atoms with Gasteiger partial charge in [0, 0.05) is 17.3 Å². The van der Waals surface area contributed by atoms with Gasteiger partial charge in [-0.1, -0.05) is 25.0 Å². The summed E-state index contributed by atoms with van der Waals surface area (Å²) in [6, 6.07) is 11.8. The van der Waals surface area contributed by atoms with E-state index in [1.165, 1.54) is 37.4 Å². The molecule has 0 spiro atoms. The van der Waals surface area contributed by atoms with Crippen molar-refractivity contribution < 1.29 is 4.39 Å². The molecule has 1 nitrogen and oxygen atoms in total. The van der Waals surface area contributed by atoms with Crippen molar-refractivity contribution in [1.82, 2.24) is 4.57 Å². The summed E-state index contributed by atoms with van der Waals surface area (Å²) in [6.07, 6.45) is 5.02. The molecule has 1 aromatic heterocycles. The molecule has 0 saturated heterocycles. The molecule has 0 amide bonds. The second-order valence-corrected chi connectivity index (χ2v) is 5.15. The van der Waals surface area contributed by atoms with E-state index in [0.29, 0.717) is 6.04 Å². The zero-order chi connectivity index (χ0) is 12.5. The number of hydrogen-bond acceptors (Lipinski definition) is 0. The Kier molecular flexibility index (Phi) is 2.94. The van der Waals surface area contributed by atoms with Crippen LogP contribution in [0.25, 0.3) is 11.3 Å². The largest absolute Gasteiger partial charge is 0.342 e. The maximum Gasteiger partial charge on any atom is 0.132 e. The van der Waals surface area contributed by atoms with Crippen molar-refractivity contribution in [3.8, 4) is 11.3 Å². The van der Waals surface area contributed by atoms with Gasteiger partial charge in [-0.2, -0.15) is 0 Å². The molecule has 1 saturated carbocycles. The highest BCUT2D eigenvalue weighted by Crippen LogP contribution is 2.36. The lowest BCUT2D eigenvalue weighted by atomic mass is 10.1. The molecule has 1 fully saturated rings. The number of rotatable bonds is 2. The Morgan fingerprint density at radius 2 is 1.78 bits per heavy atom. The van der Waals surface area contributed by atoms with E-state index in [2.05, 4.69) is 17.6 Å². The van der Waals surface area contributed by atoms with Crippen LogP contribution in [-0.2, 0) is 0 Å². The lowest BCUT2D eigenvalue weighted by molar-refractivity contribution is 0.513. The topological polar surface area (TPSA) is 4.93 Å². The van der Waals surface area contributed by atoms with Crippen LogP contribution in [-0.4, -0.2) is 4.57 Å². The van der Waals surface area contributed by atoms with Crippen molar-refractivity contribution in [2.75, 3.05) is 0 Å². The van der Waals surface area contributed by atoms with Crippen molar-refractivity contribution in [2.24, 2.45) is 0 Å². The van der Waals surface area contributed by atoms with E-state index in [-0.39, 0.29) is 5.82 Å². The van der Waals surface area contributed by atoms with E-state index in [0.717, 1.165) is 11.3 Å². The number of benzene rings is 1. The monoisotopic (exact) mass is 243 g/mol. The van der Waals surface area contributed by atoms with Crippen LogP contribution < -0.4 is 0 Å². The fraction of sp³-hybridized carbons (Fsp3) is 0.375. The molecule has 1 heterocycles. The van der Waals surface area contributed by atoms with Crippen molar-refractivity contribution in [3.05, 3.63) is 47.9 Å². The Balaban J connectivity index is 2.10. The number of aryl methyl sites for hydroxylation is 1. The van der Waals surface area contributed by atoms with Gasteiger partial charge in [-0.3, -0.25) is 0 Å². The third kappa shape index (κ3) is 1.86. The highest BCUT2D eigenvalue weighted by molar-refractivity contribution is 5.61. The van der Waals surface area contributed by atoms with Gasteiger partial charge >= 0.3 is 0 Å². The molecule has 18 heavy (non-hydrogen) atoms. The van der Waals surface area contributed by atoms with Gasteiger partial charge in [-0.05, 0) is 44.0 Å². The molecule has 0 atom stereocenters. The fourth-order valence-corrected chi connectivity index (χ4v) is 3.09. The Labute approximate surface area is 107 Å². The quantitative estimate of drug-likeness (QED) is 0.719. The summed E-state index contributed by atoms with van der Waals surface area (Å²) in [7, 11) is 0. The Morgan fingerprint density at radius 1 is 1.06 bits per heavy atom. The predicted molar refractivity (Wildman–Crippen MR) is 72.1 cm³/mol. The first-order valence-corrected chi connectivity index (χ1v) is 6.70. The van der Waals surface area contributed by atoms with Crippen LogP contribution in [0, 0.1) is 12.7 Å². The lowest BCUT2D eigenvalue weighted by Gasteiger charge is -2.19. The van der Waals surface area contributed by atoms with Crippen LogP contribution in [0.15, 0.2) is 36.4 Å². The van der Waals surface area contributed by atoms with Crippen molar-refractivity contribution in [3.63, 3.8) is 0 Å². The average Bonchev–Trinajstić information content (AvgIpc) is 2.98. The normalized spacial score (nSPS) is 16.3. The molecule has 0 N–H and O–H groups in total. The Hall–Kier alpha value is -1.57. The molecule has 0 unspecified atom stereocenters. The van der Waals surface area contributed by atoms with Gasteiger partial charge in [-0.15, -0.1) is 0 Å². The third-order valence-corrected chi connectivity index (χ3v) is 3.96. The molecule has 0 aliphatic heterocycles. The maximum atomic E-state index is 13.9. The van der Waals surface area contributed by atoms with Gasteiger partial charge in [0.05, 0.1) is 5.69 Å². The van der Waals surface area contributed by atoms with Gasteiger partial charge in [0.2, 0.25) is 0 Å². The summed E-state index contributed by atoms with van der Waals surface area (Å²) in [5.41, 5.74) is 2.98. The summed E-state index contributed by atoms with van der Waals surface area (Å²) in [4.78, 5) is 0. The molecular formula is C16H18FN. The molecule has 1 aromatic carbocycles. The second-order valence-electron chi connectivity index (χ2n) is 5.15. The highest BCUT2D eigenvalue weighted by Gasteiger charge is 2.21. The predicted octanol–water partition coefficient (Wildman–Crippen LogP) is 4.72. The summed E-state index contributed by atoms with van der Waals surface area (Å²) >= 11 is 0. The summed E-state index contributed by atoms with van der Waals surface area (Å²) in [5.74, 6) is -0.130. The molecule has 1 aliphatic carbocycles. The first kappa shape index (κ1) is 11.5. The van der Waals surface area contributed by atoms with Crippen LogP contribution >= 0.6 is 0 Å². The first-order valence-electron chi connectivity index (χ1n) is 6.70. The SMILES string of the molecule is Cc1ccc(-c2ccccc2F)n1C1CCCC1. The van der Waals surface area contributed by atoms with Crippen molar-refractivity contribution in [2.45, 2.75) is 38.6 Å². The number of nitrogens with zero attached hydrogens (tertiary/aromatic N) is 1. The summed E-state index contributed by atoms with van der Waals surface area (Å²) in [6.45, 7) is 2.11.